The molecule has 0 spiro atoms. The quantitative estimate of drug-likeness (QED) is 0.662. The van der Waals surface area contributed by atoms with Gasteiger partial charge in [-0.15, -0.1) is 0 Å². The van der Waals surface area contributed by atoms with Crippen LogP contribution in [0.3, 0.4) is 0 Å². The molecule has 0 radical (unpaired) electrons. The maximum absolute atomic E-state index is 12.0. The molecule has 86 valence electrons. The lowest BCUT2D eigenvalue weighted by Gasteiger charge is -2.40. The molecule has 0 bridgehead atoms. The third-order valence-electron chi connectivity index (χ3n) is 3.67. The fourth-order valence-electron chi connectivity index (χ4n) is 2.81. The van der Waals surface area contributed by atoms with Crippen molar-refractivity contribution < 1.29 is 4.79 Å². The van der Waals surface area contributed by atoms with Crippen LogP contribution in [0.4, 0.5) is 0 Å². The van der Waals surface area contributed by atoms with E-state index < -0.39 is 0 Å². The number of nitrogens with one attached hydrogen (secondary N) is 3. The lowest BCUT2D eigenvalue weighted by atomic mass is 9.87. The van der Waals surface area contributed by atoms with Crippen molar-refractivity contribution in [3.8, 4) is 0 Å². The molecule has 1 aromatic rings. The molecular formula is C12H17N3O. The van der Waals surface area contributed by atoms with Crippen molar-refractivity contribution in [2.75, 3.05) is 0 Å². The van der Waals surface area contributed by atoms with Crippen molar-refractivity contribution >= 4 is 5.91 Å². The molecule has 1 aromatic heterocycles. The van der Waals surface area contributed by atoms with Crippen LogP contribution >= 0.6 is 0 Å². The monoisotopic (exact) mass is 219 g/mol. The van der Waals surface area contributed by atoms with E-state index in [2.05, 4.69) is 15.6 Å². The Morgan fingerprint density at radius 2 is 2.00 bits per heavy atom. The molecule has 0 aromatic carbocycles. The van der Waals surface area contributed by atoms with E-state index >= 15 is 0 Å². The van der Waals surface area contributed by atoms with Gasteiger partial charge in [-0.05, 0) is 25.0 Å². The third kappa shape index (κ3) is 1.63. The molecule has 1 aliphatic carbocycles. The predicted molar refractivity (Wildman–Crippen MR) is 60.9 cm³/mol. The van der Waals surface area contributed by atoms with Gasteiger partial charge >= 0.3 is 0 Å². The lowest BCUT2D eigenvalue weighted by molar-refractivity contribution is -0.127. The van der Waals surface area contributed by atoms with Crippen LogP contribution in [-0.2, 0) is 4.79 Å². The molecule has 0 unspecified atom stereocenters. The second-order valence-corrected chi connectivity index (χ2v) is 4.73. The first kappa shape index (κ1) is 9.90. The van der Waals surface area contributed by atoms with Gasteiger partial charge in [-0.3, -0.25) is 10.1 Å². The van der Waals surface area contributed by atoms with Gasteiger partial charge in [0.05, 0.1) is 0 Å². The number of aromatic nitrogens is 1. The minimum absolute atomic E-state index is 0.102. The van der Waals surface area contributed by atoms with Gasteiger partial charge in [0.2, 0.25) is 5.91 Å². The first-order chi connectivity index (χ1) is 7.84. The molecule has 4 nitrogen and oxygen atoms in total. The van der Waals surface area contributed by atoms with Crippen LogP contribution < -0.4 is 10.6 Å². The molecule has 1 saturated heterocycles. The topological polar surface area (TPSA) is 56.9 Å². The third-order valence-corrected chi connectivity index (χ3v) is 3.67. The van der Waals surface area contributed by atoms with E-state index in [9.17, 15) is 4.79 Å². The van der Waals surface area contributed by atoms with Crippen molar-refractivity contribution in [1.29, 1.82) is 0 Å². The Morgan fingerprint density at radius 1 is 1.19 bits per heavy atom. The zero-order valence-electron chi connectivity index (χ0n) is 9.20. The fourth-order valence-corrected chi connectivity index (χ4v) is 2.81. The normalized spacial score (nSPS) is 34.2. The molecule has 2 heterocycles. The predicted octanol–water partition coefficient (Wildman–Crippen LogP) is 1.09. The maximum atomic E-state index is 12.0. The minimum atomic E-state index is -0.200. The summed E-state index contributed by atoms with van der Waals surface area (Å²) >= 11 is 0. The summed E-state index contributed by atoms with van der Waals surface area (Å²) in [5, 5.41) is 6.60. The number of H-pyrrole nitrogens is 1. The highest BCUT2D eigenvalue weighted by molar-refractivity contribution is 5.84. The molecule has 3 N–H and O–H groups in total. The number of hydrogen-bond acceptors (Lipinski definition) is 2. The molecule has 3 atom stereocenters. The number of piperazine rings is 1. The maximum Gasteiger partial charge on any atom is 0.243 e. The van der Waals surface area contributed by atoms with Crippen LogP contribution in [0.2, 0.25) is 0 Å². The molecule has 1 saturated carbocycles. The van der Waals surface area contributed by atoms with E-state index in [0.717, 1.165) is 12.1 Å². The Balaban J connectivity index is 1.79. The summed E-state index contributed by atoms with van der Waals surface area (Å²) in [4.78, 5) is 15.1. The smallest absolute Gasteiger partial charge is 0.243 e. The second-order valence-electron chi connectivity index (χ2n) is 4.73. The Kier molecular flexibility index (Phi) is 2.44. The van der Waals surface area contributed by atoms with Crippen LogP contribution in [-0.4, -0.2) is 23.0 Å². The van der Waals surface area contributed by atoms with E-state index in [1.807, 2.05) is 18.3 Å². The minimum Gasteiger partial charge on any atom is -0.363 e. The first-order valence-electron chi connectivity index (χ1n) is 6.04. The Bertz CT molecular complexity index is 374. The van der Waals surface area contributed by atoms with E-state index in [4.69, 9.17) is 0 Å². The summed E-state index contributed by atoms with van der Waals surface area (Å²) in [7, 11) is 0. The average molecular weight is 219 g/mol. The number of rotatable bonds is 1. The average Bonchev–Trinajstić information content (AvgIpc) is 2.81. The standard InChI is InChI=1S/C12H17N3O/c16-12-11(10-6-3-7-13-10)14-8-4-1-2-5-9(8)15-12/h3,6-9,11,13-14H,1-2,4-5H2,(H,15,16)/t8-,9-,11-/m1/s1. The highest BCUT2D eigenvalue weighted by Gasteiger charge is 2.37. The van der Waals surface area contributed by atoms with Crippen LogP contribution in [0.1, 0.15) is 37.4 Å². The summed E-state index contributed by atoms with van der Waals surface area (Å²) < 4.78 is 0. The van der Waals surface area contributed by atoms with E-state index in [0.29, 0.717) is 12.1 Å². The molecule has 2 fully saturated rings. The number of carbonyl (C=O) groups excluding carboxylic acids is 1. The van der Waals surface area contributed by atoms with Gasteiger partial charge in [0.25, 0.3) is 0 Å². The Hall–Kier alpha value is -1.29. The molecule has 3 rings (SSSR count). The molecule has 1 aliphatic heterocycles. The largest absolute Gasteiger partial charge is 0.363 e. The van der Waals surface area contributed by atoms with Crippen LogP contribution in [0.25, 0.3) is 0 Å². The van der Waals surface area contributed by atoms with Gasteiger partial charge in [0, 0.05) is 24.0 Å². The van der Waals surface area contributed by atoms with Gasteiger partial charge in [0.15, 0.2) is 0 Å². The molecule has 1 amide bonds. The van der Waals surface area contributed by atoms with Crippen molar-refractivity contribution in [1.82, 2.24) is 15.6 Å². The zero-order valence-corrected chi connectivity index (χ0v) is 9.20. The fraction of sp³-hybridized carbons (Fsp3) is 0.583. The summed E-state index contributed by atoms with van der Waals surface area (Å²) in [6.07, 6.45) is 6.64. The number of carbonyl (C=O) groups is 1. The van der Waals surface area contributed by atoms with Crippen LogP contribution in [0.15, 0.2) is 18.3 Å². The molecule has 4 heteroatoms. The van der Waals surface area contributed by atoms with Gasteiger partial charge < -0.3 is 10.3 Å². The van der Waals surface area contributed by atoms with E-state index in [-0.39, 0.29) is 11.9 Å². The zero-order chi connectivity index (χ0) is 11.0. The van der Waals surface area contributed by atoms with Gasteiger partial charge in [0.1, 0.15) is 6.04 Å². The summed E-state index contributed by atoms with van der Waals surface area (Å²) in [5.74, 6) is 0.102. The van der Waals surface area contributed by atoms with Crippen molar-refractivity contribution in [3.63, 3.8) is 0 Å². The number of fused-ring (bicyclic) bond motifs is 1. The summed E-state index contributed by atoms with van der Waals surface area (Å²) in [5.41, 5.74) is 0.960. The van der Waals surface area contributed by atoms with Crippen LogP contribution in [0.5, 0.6) is 0 Å². The highest BCUT2D eigenvalue weighted by Crippen LogP contribution is 2.25. The summed E-state index contributed by atoms with van der Waals surface area (Å²) in [6, 6.07) is 4.47. The Labute approximate surface area is 94.8 Å². The van der Waals surface area contributed by atoms with Gasteiger partial charge in [-0.25, -0.2) is 0 Å². The van der Waals surface area contributed by atoms with E-state index in [1.54, 1.807) is 0 Å². The number of aromatic amines is 1. The Morgan fingerprint density at radius 3 is 2.75 bits per heavy atom. The van der Waals surface area contributed by atoms with Gasteiger partial charge in [-0.1, -0.05) is 12.8 Å². The van der Waals surface area contributed by atoms with Gasteiger partial charge in [-0.2, -0.15) is 0 Å². The molecule has 16 heavy (non-hydrogen) atoms. The van der Waals surface area contributed by atoms with Crippen molar-refractivity contribution in [2.24, 2.45) is 0 Å². The van der Waals surface area contributed by atoms with E-state index in [1.165, 1.54) is 19.3 Å². The molecular weight excluding hydrogens is 202 g/mol. The van der Waals surface area contributed by atoms with Crippen LogP contribution in [0, 0.1) is 0 Å². The summed E-state index contributed by atoms with van der Waals surface area (Å²) in [6.45, 7) is 0. The molecule has 2 aliphatic rings. The first-order valence-corrected chi connectivity index (χ1v) is 6.04. The highest BCUT2D eigenvalue weighted by atomic mass is 16.2. The van der Waals surface area contributed by atoms with Crippen molar-refractivity contribution in [2.45, 2.75) is 43.8 Å². The van der Waals surface area contributed by atoms with Crippen molar-refractivity contribution in [3.05, 3.63) is 24.0 Å². The SMILES string of the molecule is O=C1N[C@@H]2CCCC[C@H]2N[C@@H]1c1ccc[nH]1. The second kappa shape index (κ2) is 3.94. The number of hydrogen-bond donors (Lipinski definition) is 3. The number of amides is 1. The lowest BCUT2D eigenvalue weighted by Crippen LogP contribution is -2.61.